The van der Waals surface area contributed by atoms with Crippen molar-refractivity contribution in [2.75, 3.05) is 5.32 Å². The van der Waals surface area contributed by atoms with Crippen LogP contribution >= 0.6 is 0 Å². The van der Waals surface area contributed by atoms with Crippen LogP contribution in [0.3, 0.4) is 0 Å². The summed E-state index contributed by atoms with van der Waals surface area (Å²) in [4.78, 5) is 29.7. The van der Waals surface area contributed by atoms with Crippen molar-refractivity contribution in [3.63, 3.8) is 0 Å². The van der Waals surface area contributed by atoms with E-state index in [0.29, 0.717) is 11.4 Å². The molecule has 6 nitrogen and oxygen atoms in total. The Hall–Kier alpha value is -2.63. The van der Waals surface area contributed by atoms with E-state index in [9.17, 15) is 9.59 Å². The molecule has 0 spiro atoms. The average molecular weight is 259 g/mol. The quantitative estimate of drug-likeness (QED) is 0.777. The highest BCUT2D eigenvalue weighted by Gasteiger charge is 2.17. The summed E-state index contributed by atoms with van der Waals surface area (Å²) in [6.45, 7) is 1.64. The van der Waals surface area contributed by atoms with Gasteiger partial charge in [0.1, 0.15) is 5.56 Å². The van der Waals surface area contributed by atoms with Crippen molar-refractivity contribution in [1.82, 2.24) is 9.97 Å². The van der Waals surface area contributed by atoms with Crippen LogP contribution in [0.15, 0.2) is 30.6 Å². The summed E-state index contributed by atoms with van der Waals surface area (Å²) >= 11 is 0. The van der Waals surface area contributed by atoms with E-state index in [0.717, 1.165) is 0 Å². The van der Waals surface area contributed by atoms with Crippen LogP contribution < -0.4 is 5.32 Å². The van der Waals surface area contributed by atoms with Gasteiger partial charge in [0.15, 0.2) is 0 Å². The lowest BCUT2D eigenvalue weighted by atomic mass is 10.2. The molecule has 0 saturated carbocycles. The Kier molecular flexibility index (Phi) is 3.61. The molecule has 19 heavy (non-hydrogen) atoms. The van der Waals surface area contributed by atoms with E-state index in [-0.39, 0.29) is 23.6 Å². The number of hydrogen-bond donors (Lipinski definition) is 3. The molecule has 2 aromatic heterocycles. The number of carboxylic acids is 1. The molecule has 0 aliphatic carbocycles. The highest BCUT2D eigenvalue weighted by atomic mass is 16.4. The van der Waals surface area contributed by atoms with Crippen LogP contribution in [0.4, 0.5) is 5.69 Å². The largest absolute Gasteiger partial charge is 0.478 e. The Balaban J connectivity index is 2.10. The molecule has 0 aliphatic heterocycles. The number of hydrogen-bond acceptors (Lipinski definition) is 3. The Morgan fingerprint density at radius 3 is 2.84 bits per heavy atom. The molecule has 3 N–H and O–H groups in total. The highest BCUT2D eigenvalue weighted by molar-refractivity contribution is 6.01. The first-order valence-corrected chi connectivity index (χ1v) is 5.69. The van der Waals surface area contributed by atoms with Crippen molar-refractivity contribution in [1.29, 1.82) is 0 Å². The number of anilines is 1. The van der Waals surface area contributed by atoms with Crippen LogP contribution in [0.1, 0.15) is 21.7 Å². The van der Waals surface area contributed by atoms with Gasteiger partial charge in [0.05, 0.1) is 12.1 Å². The van der Waals surface area contributed by atoms with Gasteiger partial charge in [-0.3, -0.25) is 9.78 Å². The number of nitrogens with one attached hydrogen (secondary N) is 2. The first-order chi connectivity index (χ1) is 9.08. The van der Waals surface area contributed by atoms with E-state index < -0.39 is 5.97 Å². The smallest absolute Gasteiger partial charge is 0.339 e. The van der Waals surface area contributed by atoms with Crippen LogP contribution in [0, 0.1) is 6.92 Å². The van der Waals surface area contributed by atoms with Crippen LogP contribution in [0.25, 0.3) is 0 Å². The van der Waals surface area contributed by atoms with E-state index in [1.54, 1.807) is 31.3 Å². The zero-order chi connectivity index (χ0) is 13.8. The third-order valence-corrected chi connectivity index (χ3v) is 2.63. The fraction of sp³-hybridized carbons (Fsp3) is 0.154. The summed E-state index contributed by atoms with van der Waals surface area (Å²) in [6, 6.07) is 5.29. The molecule has 2 aromatic rings. The standard InChI is InChI=1S/C13H13N3O3/c1-8-12(13(18)19)10(7-15-8)16-11(17)6-9-4-2-3-5-14-9/h2-5,7,15H,6H2,1H3,(H,16,17)(H,18,19). The lowest BCUT2D eigenvalue weighted by Gasteiger charge is -2.04. The number of carbonyl (C=O) groups excluding carboxylic acids is 1. The number of aromatic carboxylic acids is 1. The number of nitrogens with zero attached hydrogens (tertiary/aromatic N) is 1. The number of pyridine rings is 1. The van der Waals surface area contributed by atoms with Gasteiger partial charge >= 0.3 is 5.97 Å². The molecule has 6 heteroatoms. The van der Waals surface area contributed by atoms with Gasteiger partial charge in [0, 0.05) is 23.8 Å². The minimum absolute atomic E-state index is 0.0781. The molecule has 0 saturated heterocycles. The summed E-state index contributed by atoms with van der Waals surface area (Å²) in [7, 11) is 0. The average Bonchev–Trinajstić information content (AvgIpc) is 2.71. The van der Waals surface area contributed by atoms with Crippen molar-refractivity contribution >= 4 is 17.6 Å². The molecule has 0 fully saturated rings. The number of carbonyl (C=O) groups is 2. The van der Waals surface area contributed by atoms with Gasteiger partial charge in [-0.05, 0) is 19.1 Å². The molecule has 0 radical (unpaired) electrons. The molecule has 0 bridgehead atoms. The lowest BCUT2D eigenvalue weighted by Crippen LogP contribution is -2.16. The minimum Gasteiger partial charge on any atom is -0.478 e. The zero-order valence-corrected chi connectivity index (χ0v) is 10.3. The predicted octanol–water partition coefficient (Wildman–Crippen LogP) is 1.60. The molecule has 0 aliphatic rings. The number of amides is 1. The van der Waals surface area contributed by atoms with Gasteiger partial charge in [-0.25, -0.2) is 4.79 Å². The molecule has 1 amide bonds. The maximum Gasteiger partial charge on any atom is 0.339 e. The molecule has 0 atom stereocenters. The number of H-pyrrole nitrogens is 1. The first-order valence-electron chi connectivity index (χ1n) is 5.69. The predicted molar refractivity (Wildman–Crippen MR) is 69.1 cm³/mol. The Bertz CT molecular complexity index is 605. The summed E-state index contributed by atoms with van der Waals surface area (Å²) in [6.07, 6.45) is 3.17. The summed E-state index contributed by atoms with van der Waals surface area (Å²) in [5.74, 6) is -1.38. The summed E-state index contributed by atoms with van der Waals surface area (Å²) in [5.41, 5.74) is 1.48. The fourth-order valence-corrected chi connectivity index (χ4v) is 1.76. The minimum atomic E-state index is -1.08. The number of carboxylic acid groups (broad SMARTS) is 1. The fourth-order valence-electron chi connectivity index (χ4n) is 1.76. The van der Waals surface area contributed by atoms with Gasteiger partial charge in [-0.1, -0.05) is 6.07 Å². The lowest BCUT2D eigenvalue weighted by molar-refractivity contribution is -0.115. The van der Waals surface area contributed by atoms with Gasteiger partial charge in [0.25, 0.3) is 0 Å². The number of aryl methyl sites for hydroxylation is 1. The zero-order valence-electron chi connectivity index (χ0n) is 10.3. The second-order valence-corrected chi connectivity index (χ2v) is 4.05. The number of aromatic amines is 1. The van der Waals surface area contributed by atoms with Gasteiger partial charge in [0.2, 0.25) is 5.91 Å². The van der Waals surface area contributed by atoms with E-state index in [2.05, 4.69) is 15.3 Å². The van der Waals surface area contributed by atoms with Crippen molar-refractivity contribution in [3.05, 3.63) is 47.5 Å². The van der Waals surface area contributed by atoms with Crippen LogP contribution in [0.5, 0.6) is 0 Å². The van der Waals surface area contributed by atoms with Gasteiger partial charge in [-0.15, -0.1) is 0 Å². The van der Waals surface area contributed by atoms with Crippen molar-refractivity contribution in [2.45, 2.75) is 13.3 Å². The van der Waals surface area contributed by atoms with E-state index >= 15 is 0 Å². The second kappa shape index (κ2) is 5.34. The maximum absolute atomic E-state index is 11.8. The van der Waals surface area contributed by atoms with E-state index in [1.807, 2.05) is 0 Å². The molecule has 98 valence electrons. The first kappa shape index (κ1) is 12.8. The van der Waals surface area contributed by atoms with Gasteiger partial charge in [-0.2, -0.15) is 0 Å². The summed E-state index contributed by atoms with van der Waals surface area (Å²) < 4.78 is 0. The third-order valence-electron chi connectivity index (χ3n) is 2.63. The molecule has 2 rings (SSSR count). The van der Waals surface area contributed by atoms with Crippen LogP contribution in [-0.4, -0.2) is 27.0 Å². The summed E-state index contributed by atoms with van der Waals surface area (Å²) in [5, 5.41) is 11.6. The SMILES string of the molecule is Cc1[nH]cc(NC(=O)Cc2ccccn2)c1C(=O)O. The molecule has 0 unspecified atom stereocenters. The molecule has 2 heterocycles. The topological polar surface area (TPSA) is 95.1 Å². The molecular weight excluding hydrogens is 246 g/mol. The Morgan fingerprint density at radius 1 is 1.42 bits per heavy atom. The van der Waals surface area contributed by atoms with E-state index in [4.69, 9.17) is 5.11 Å². The molecule has 0 aromatic carbocycles. The van der Waals surface area contributed by atoms with Gasteiger partial charge < -0.3 is 15.4 Å². The highest BCUT2D eigenvalue weighted by Crippen LogP contribution is 2.19. The monoisotopic (exact) mass is 259 g/mol. The Labute approximate surface area is 109 Å². The number of aromatic nitrogens is 2. The van der Waals surface area contributed by atoms with E-state index in [1.165, 1.54) is 6.20 Å². The Morgan fingerprint density at radius 2 is 2.21 bits per heavy atom. The van der Waals surface area contributed by atoms with Crippen molar-refractivity contribution in [2.24, 2.45) is 0 Å². The molecular formula is C13H13N3O3. The maximum atomic E-state index is 11.8. The number of rotatable bonds is 4. The van der Waals surface area contributed by atoms with Crippen LogP contribution in [0.2, 0.25) is 0 Å². The third kappa shape index (κ3) is 2.98. The normalized spacial score (nSPS) is 10.2. The second-order valence-electron chi connectivity index (χ2n) is 4.05. The van der Waals surface area contributed by atoms with Crippen LogP contribution in [-0.2, 0) is 11.2 Å². The van der Waals surface area contributed by atoms with Crippen molar-refractivity contribution < 1.29 is 14.7 Å². The van der Waals surface area contributed by atoms with Crippen molar-refractivity contribution in [3.8, 4) is 0 Å².